The lowest BCUT2D eigenvalue weighted by Gasteiger charge is -2.29. The van der Waals surface area contributed by atoms with Gasteiger partial charge in [0.05, 0.1) is 13.2 Å². The molecule has 2 rings (SSSR count). The van der Waals surface area contributed by atoms with E-state index in [-0.39, 0.29) is 12.3 Å². The number of hydrogen-bond donors (Lipinski definition) is 0. The molecule has 1 fully saturated rings. The van der Waals surface area contributed by atoms with E-state index in [9.17, 15) is 4.79 Å². The Balaban J connectivity index is 1.95. The van der Waals surface area contributed by atoms with E-state index < -0.39 is 0 Å². The summed E-state index contributed by atoms with van der Waals surface area (Å²) in [6.07, 6.45) is 3.70. The SMILES string of the molecule is CCOC(=O)N1CCCCCC1OCc1ccccc1. The van der Waals surface area contributed by atoms with Crippen LogP contribution in [-0.4, -0.2) is 30.4 Å². The lowest BCUT2D eigenvalue weighted by Crippen LogP contribution is -2.41. The number of nitrogens with zero attached hydrogens (tertiary/aromatic N) is 1. The maximum Gasteiger partial charge on any atom is 0.411 e. The molecular weight excluding hydrogens is 254 g/mol. The van der Waals surface area contributed by atoms with Gasteiger partial charge in [0, 0.05) is 6.54 Å². The number of carbonyl (C=O) groups excluding carboxylic acids is 1. The molecule has 0 saturated carbocycles. The lowest BCUT2D eigenvalue weighted by atomic mass is 10.2. The van der Waals surface area contributed by atoms with E-state index in [0.29, 0.717) is 13.2 Å². The number of amides is 1. The maximum absolute atomic E-state index is 12.0. The van der Waals surface area contributed by atoms with Crippen LogP contribution in [0.25, 0.3) is 0 Å². The summed E-state index contributed by atoms with van der Waals surface area (Å²) in [6, 6.07) is 10.0. The molecule has 0 spiro atoms. The topological polar surface area (TPSA) is 38.8 Å². The van der Waals surface area contributed by atoms with Crippen LogP contribution in [-0.2, 0) is 16.1 Å². The fraction of sp³-hybridized carbons (Fsp3) is 0.562. The second kappa shape index (κ2) is 7.90. The van der Waals surface area contributed by atoms with E-state index in [4.69, 9.17) is 9.47 Å². The quantitative estimate of drug-likeness (QED) is 0.844. The fourth-order valence-electron chi connectivity index (χ4n) is 2.43. The molecular formula is C16H23NO3. The number of benzene rings is 1. The summed E-state index contributed by atoms with van der Waals surface area (Å²) < 4.78 is 11.1. The van der Waals surface area contributed by atoms with Gasteiger partial charge in [-0.25, -0.2) is 4.79 Å². The number of ether oxygens (including phenoxy) is 2. The largest absolute Gasteiger partial charge is 0.450 e. The van der Waals surface area contributed by atoms with Crippen LogP contribution in [0, 0.1) is 0 Å². The van der Waals surface area contributed by atoms with Gasteiger partial charge in [0.25, 0.3) is 0 Å². The van der Waals surface area contributed by atoms with Gasteiger partial charge in [-0.15, -0.1) is 0 Å². The highest BCUT2D eigenvalue weighted by Gasteiger charge is 2.26. The van der Waals surface area contributed by atoms with Gasteiger partial charge in [-0.3, -0.25) is 4.90 Å². The van der Waals surface area contributed by atoms with Crippen molar-refractivity contribution in [3.8, 4) is 0 Å². The highest BCUT2D eigenvalue weighted by atomic mass is 16.6. The third-order valence-corrected chi connectivity index (χ3v) is 3.49. The Kier molecular flexibility index (Phi) is 5.87. The van der Waals surface area contributed by atoms with E-state index in [0.717, 1.165) is 37.8 Å². The Labute approximate surface area is 120 Å². The highest BCUT2D eigenvalue weighted by molar-refractivity contribution is 5.67. The molecule has 1 heterocycles. The summed E-state index contributed by atoms with van der Waals surface area (Å²) in [5.74, 6) is 0. The smallest absolute Gasteiger partial charge is 0.411 e. The van der Waals surface area contributed by atoms with Gasteiger partial charge >= 0.3 is 6.09 Å². The van der Waals surface area contributed by atoms with Gasteiger partial charge in [0.1, 0.15) is 6.23 Å². The minimum atomic E-state index is -0.257. The minimum absolute atomic E-state index is 0.170. The zero-order chi connectivity index (χ0) is 14.2. The molecule has 0 radical (unpaired) electrons. The number of hydrogen-bond acceptors (Lipinski definition) is 3. The van der Waals surface area contributed by atoms with Crippen LogP contribution in [0.2, 0.25) is 0 Å². The van der Waals surface area contributed by atoms with Gasteiger partial charge in [-0.1, -0.05) is 36.8 Å². The Morgan fingerprint density at radius 1 is 1.25 bits per heavy atom. The third-order valence-electron chi connectivity index (χ3n) is 3.49. The molecule has 0 bridgehead atoms. The van der Waals surface area contributed by atoms with Crippen LogP contribution in [0.5, 0.6) is 0 Å². The summed E-state index contributed by atoms with van der Waals surface area (Å²) in [4.78, 5) is 13.7. The van der Waals surface area contributed by atoms with Crippen molar-refractivity contribution in [2.24, 2.45) is 0 Å². The number of rotatable bonds is 4. The summed E-state index contributed by atoms with van der Waals surface area (Å²) in [6.45, 7) is 3.48. The van der Waals surface area contributed by atoms with E-state index >= 15 is 0 Å². The predicted octanol–water partition coefficient (Wildman–Crippen LogP) is 3.56. The van der Waals surface area contributed by atoms with Crippen molar-refractivity contribution < 1.29 is 14.3 Å². The second-order valence-electron chi connectivity index (χ2n) is 4.99. The van der Waals surface area contributed by atoms with Crippen LogP contribution in [0.4, 0.5) is 4.79 Å². The van der Waals surface area contributed by atoms with Gasteiger partial charge in [-0.05, 0) is 31.7 Å². The van der Waals surface area contributed by atoms with Crippen LogP contribution < -0.4 is 0 Å². The minimum Gasteiger partial charge on any atom is -0.450 e. The average Bonchev–Trinajstić information content (AvgIpc) is 2.72. The summed E-state index contributed by atoms with van der Waals surface area (Å²) >= 11 is 0. The highest BCUT2D eigenvalue weighted by Crippen LogP contribution is 2.20. The molecule has 20 heavy (non-hydrogen) atoms. The van der Waals surface area contributed by atoms with Crippen LogP contribution in [0.15, 0.2) is 30.3 Å². The van der Waals surface area contributed by atoms with Crippen LogP contribution >= 0.6 is 0 Å². The molecule has 1 unspecified atom stereocenters. The van der Waals surface area contributed by atoms with Crippen molar-refractivity contribution in [3.05, 3.63) is 35.9 Å². The van der Waals surface area contributed by atoms with E-state index in [1.54, 1.807) is 4.90 Å². The van der Waals surface area contributed by atoms with Gasteiger partial charge in [0.15, 0.2) is 0 Å². The van der Waals surface area contributed by atoms with Crippen molar-refractivity contribution in [1.82, 2.24) is 4.90 Å². The Morgan fingerprint density at radius 2 is 2.05 bits per heavy atom. The second-order valence-corrected chi connectivity index (χ2v) is 4.99. The first-order valence-electron chi connectivity index (χ1n) is 7.40. The van der Waals surface area contributed by atoms with E-state index in [2.05, 4.69) is 0 Å². The van der Waals surface area contributed by atoms with Crippen molar-refractivity contribution in [3.63, 3.8) is 0 Å². The lowest BCUT2D eigenvalue weighted by molar-refractivity contribution is -0.0614. The maximum atomic E-state index is 12.0. The fourth-order valence-corrected chi connectivity index (χ4v) is 2.43. The normalized spacial score (nSPS) is 19.4. The van der Waals surface area contributed by atoms with Crippen molar-refractivity contribution in [2.75, 3.05) is 13.2 Å². The van der Waals surface area contributed by atoms with Crippen molar-refractivity contribution >= 4 is 6.09 Å². The molecule has 4 nitrogen and oxygen atoms in total. The average molecular weight is 277 g/mol. The predicted molar refractivity (Wildman–Crippen MR) is 77.2 cm³/mol. The zero-order valence-electron chi connectivity index (χ0n) is 12.1. The third kappa shape index (κ3) is 4.23. The van der Waals surface area contributed by atoms with Gasteiger partial charge in [0.2, 0.25) is 0 Å². The first-order valence-corrected chi connectivity index (χ1v) is 7.40. The Bertz CT molecular complexity index is 407. The molecule has 1 aliphatic rings. The van der Waals surface area contributed by atoms with Gasteiger partial charge in [-0.2, -0.15) is 0 Å². The first kappa shape index (κ1) is 14.9. The molecule has 1 aromatic rings. The van der Waals surface area contributed by atoms with Crippen LogP contribution in [0.3, 0.4) is 0 Å². The standard InChI is InChI=1S/C16H23NO3/c1-2-19-16(18)17-12-8-4-7-11-15(17)20-13-14-9-5-3-6-10-14/h3,5-6,9-10,15H,2,4,7-8,11-13H2,1H3. The van der Waals surface area contributed by atoms with E-state index in [1.165, 1.54) is 0 Å². The monoisotopic (exact) mass is 277 g/mol. The number of carbonyl (C=O) groups is 1. The number of likely N-dealkylation sites (tertiary alicyclic amines) is 1. The molecule has 4 heteroatoms. The van der Waals surface area contributed by atoms with Gasteiger partial charge < -0.3 is 9.47 Å². The van der Waals surface area contributed by atoms with Crippen LogP contribution in [0.1, 0.15) is 38.2 Å². The van der Waals surface area contributed by atoms with Crippen molar-refractivity contribution in [1.29, 1.82) is 0 Å². The Morgan fingerprint density at radius 3 is 2.80 bits per heavy atom. The van der Waals surface area contributed by atoms with E-state index in [1.807, 2.05) is 37.3 Å². The molecule has 1 atom stereocenters. The molecule has 0 N–H and O–H groups in total. The molecule has 0 aliphatic carbocycles. The molecule has 1 aromatic carbocycles. The molecule has 1 amide bonds. The summed E-state index contributed by atoms with van der Waals surface area (Å²) in [5, 5.41) is 0. The Hall–Kier alpha value is -1.55. The molecule has 0 aromatic heterocycles. The molecule has 110 valence electrons. The van der Waals surface area contributed by atoms with Crippen molar-refractivity contribution in [2.45, 2.75) is 45.4 Å². The zero-order valence-corrected chi connectivity index (χ0v) is 12.1. The first-order chi connectivity index (χ1) is 9.81. The molecule has 1 aliphatic heterocycles. The molecule has 1 saturated heterocycles. The summed E-state index contributed by atoms with van der Waals surface area (Å²) in [7, 11) is 0. The summed E-state index contributed by atoms with van der Waals surface area (Å²) in [5.41, 5.74) is 1.13.